The van der Waals surface area contributed by atoms with Gasteiger partial charge in [0.25, 0.3) is 11.1 Å². The van der Waals surface area contributed by atoms with Crippen molar-refractivity contribution in [3.8, 4) is 45.4 Å². The molecule has 2 aromatic heterocycles. The summed E-state index contributed by atoms with van der Waals surface area (Å²) in [5.41, 5.74) is 4.74. The first-order chi connectivity index (χ1) is 28.1. The Bertz CT molecular complexity index is 2570. The van der Waals surface area contributed by atoms with Crippen LogP contribution in [0, 0.1) is 0 Å². The van der Waals surface area contributed by atoms with Crippen LogP contribution in [0.4, 0.5) is 22.7 Å². The summed E-state index contributed by atoms with van der Waals surface area (Å²) in [6.45, 7) is 0.637. The Morgan fingerprint density at radius 3 is 1.18 bits per heavy atom. The summed E-state index contributed by atoms with van der Waals surface area (Å²) >= 11 is 0. The summed E-state index contributed by atoms with van der Waals surface area (Å²) in [4.78, 5) is 27.2. The second kappa shape index (κ2) is 17.1. The summed E-state index contributed by atoms with van der Waals surface area (Å²) in [5.74, 6) is 1.02. The number of ether oxygens (including phenoxy) is 2. The van der Waals surface area contributed by atoms with E-state index in [0.29, 0.717) is 65.3 Å². The third-order valence-corrected chi connectivity index (χ3v) is 8.94. The van der Waals surface area contributed by atoms with Gasteiger partial charge < -0.3 is 9.47 Å². The van der Waals surface area contributed by atoms with Crippen LogP contribution in [0.2, 0.25) is 0 Å². The van der Waals surface area contributed by atoms with Crippen LogP contribution in [0.15, 0.2) is 200 Å². The van der Waals surface area contributed by atoms with Gasteiger partial charge in [-0.1, -0.05) is 121 Å². The number of H-pyrrole nitrogens is 2. The molecule has 0 unspecified atom stereocenters. The summed E-state index contributed by atoms with van der Waals surface area (Å²) < 4.78 is 15.2. The molecule has 6 aromatic carbocycles. The lowest BCUT2D eigenvalue weighted by molar-refractivity contribution is 0.248. The van der Waals surface area contributed by atoms with Crippen LogP contribution in [-0.2, 0) is 0 Å². The fourth-order valence-corrected chi connectivity index (χ4v) is 6.13. The van der Waals surface area contributed by atoms with Gasteiger partial charge in [-0.15, -0.1) is 20.5 Å². The molecule has 57 heavy (non-hydrogen) atoms. The van der Waals surface area contributed by atoms with Crippen LogP contribution in [-0.4, -0.2) is 32.8 Å². The van der Waals surface area contributed by atoms with E-state index in [9.17, 15) is 9.59 Å². The van der Waals surface area contributed by atoms with E-state index >= 15 is 0 Å². The summed E-state index contributed by atoms with van der Waals surface area (Å²) in [6.07, 6.45) is 0.534. The molecule has 0 saturated carbocycles. The summed E-state index contributed by atoms with van der Waals surface area (Å²) in [7, 11) is 0. The highest BCUT2D eigenvalue weighted by Crippen LogP contribution is 2.34. The maximum atomic E-state index is 13.6. The van der Waals surface area contributed by atoms with Crippen molar-refractivity contribution < 1.29 is 9.47 Å². The van der Waals surface area contributed by atoms with Gasteiger partial charge in [0.1, 0.15) is 22.9 Å². The van der Waals surface area contributed by atoms with Gasteiger partial charge in [-0.25, -0.2) is 9.36 Å². The monoisotopic (exact) mass is 752 g/mol. The fourth-order valence-electron chi connectivity index (χ4n) is 6.13. The Morgan fingerprint density at radius 1 is 0.421 bits per heavy atom. The van der Waals surface area contributed by atoms with Crippen molar-refractivity contribution in [3.63, 3.8) is 0 Å². The number of nitrogens with one attached hydrogen (secondary N) is 2. The molecule has 0 aliphatic carbocycles. The topological polar surface area (TPSA) is 143 Å². The van der Waals surface area contributed by atoms with E-state index in [1.54, 1.807) is 24.3 Å². The second-order valence-electron chi connectivity index (χ2n) is 12.7. The highest BCUT2D eigenvalue weighted by Gasteiger charge is 2.19. The Morgan fingerprint density at radius 2 is 0.772 bits per heavy atom. The molecule has 0 aliphatic rings. The Labute approximate surface area is 327 Å². The molecule has 12 heteroatoms. The molecule has 0 atom stereocenters. The number of aromatic nitrogens is 4. The van der Waals surface area contributed by atoms with Crippen LogP contribution in [0.5, 0.6) is 11.5 Å². The normalized spacial score (nSPS) is 11.4. The van der Waals surface area contributed by atoms with Gasteiger partial charge in [0, 0.05) is 17.5 Å². The first-order valence-electron chi connectivity index (χ1n) is 18.3. The van der Waals surface area contributed by atoms with Gasteiger partial charge >= 0.3 is 0 Å². The quantitative estimate of drug-likeness (QED) is 0.0841. The molecule has 280 valence electrons. The Hall–Kier alpha value is -7.86. The number of aromatic amines is 2. The molecular formula is C45H36N8O4. The molecule has 0 bridgehead atoms. The number of rotatable bonds is 14. The van der Waals surface area contributed by atoms with Gasteiger partial charge in [-0.3, -0.25) is 19.8 Å². The smallest absolute Gasteiger partial charge is 0.299 e. The molecule has 8 aromatic rings. The van der Waals surface area contributed by atoms with Crippen molar-refractivity contribution in [1.82, 2.24) is 19.6 Å². The molecule has 0 saturated heterocycles. The predicted molar refractivity (Wildman–Crippen MR) is 220 cm³/mol. The van der Waals surface area contributed by atoms with Gasteiger partial charge in [0.15, 0.2) is 11.4 Å². The van der Waals surface area contributed by atoms with Crippen molar-refractivity contribution in [2.75, 3.05) is 13.2 Å². The van der Waals surface area contributed by atoms with Crippen molar-refractivity contribution in [3.05, 3.63) is 191 Å². The maximum Gasteiger partial charge on any atom is 0.299 e. The number of benzene rings is 6. The van der Waals surface area contributed by atoms with Crippen molar-refractivity contribution in [1.29, 1.82) is 0 Å². The van der Waals surface area contributed by atoms with E-state index in [1.807, 2.05) is 146 Å². The van der Waals surface area contributed by atoms with Crippen LogP contribution in [0.1, 0.15) is 6.42 Å². The minimum atomic E-state index is -0.326. The molecule has 0 fully saturated rings. The third-order valence-electron chi connectivity index (χ3n) is 8.94. The Kier molecular flexibility index (Phi) is 10.8. The standard InChI is InChI=1S/C45H36N8O4/c54-44-42(40(32-18-5-1-6-19-32)50-52(44)34-22-9-3-10-23-34)48-46-36-26-13-15-28-38(36)56-30-17-31-57-39-29-16-14-27-37(39)47-49-43-41(33-20-7-2-8-21-33)51-53(45(43)55)35-24-11-4-12-25-35/h1-16,18-29,50-51H,17,30-31H2. The molecule has 2 heterocycles. The highest BCUT2D eigenvalue weighted by molar-refractivity contribution is 5.73. The van der Waals surface area contributed by atoms with Gasteiger partial charge in [0.05, 0.1) is 36.0 Å². The lowest BCUT2D eigenvalue weighted by atomic mass is 10.1. The zero-order valence-corrected chi connectivity index (χ0v) is 30.6. The van der Waals surface area contributed by atoms with E-state index < -0.39 is 0 Å². The average molecular weight is 753 g/mol. The van der Waals surface area contributed by atoms with Crippen molar-refractivity contribution in [2.45, 2.75) is 6.42 Å². The predicted octanol–water partition coefficient (Wildman–Crippen LogP) is 10.7. The number of para-hydroxylation sites is 4. The minimum Gasteiger partial charge on any atom is -0.491 e. The van der Waals surface area contributed by atoms with E-state index in [-0.39, 0.29) is 22.5 Å². The zero-order chi connectivity index (χ0) is 38.8. The fraction of sp³-hybridized carbons (Fsp3) is 0.0667. The molecule has 0 radical (unpaired) electrons. The minimum absolute atomic E-state index is 0.179. The highest BCUT2D eigenvalue weighted by atomic mass is 16.5. The molecule has 0 aliphatic heterocycles. The lowest BCUT2D eigenvalue weighted by Gasteiger charge is -2.10. The first-order valence-corrected chi connectivity index (χ1v) is 18.3. The summed E-state index contributed by atoms with van der Waals surface area (Å²) in [5, 5.41) is 24.3. The second-order valence-corrected chi connectivity index (χ2v) is 12.7. The van der Waals surface area contributed by atoms with Crippen LogP contribution in [0.25, 0.3) is 33.9 Å². The number of hydrogen-bond acceptors (Lipinski definition) is 8. The van der Waals surface area contributed by atoms with Crippen LogP contribution in [0.3, 0.4) is 0 Å². The van der Waals surface area contributed by atoms with Gasteiger partial charge in [0.2, 0.25) is 0 Å². The number of hydrogen-bond donors (Lipinski definition) is 2. The van der Waals surface area contributed by atoms with E-state index in [0.717, 1.165) is 11.1 Å². The molecular weight excluding hydrogens is 717 g/mol. The molecule has 2 N–H and O–H groups in total. The Balaban J connectivity index is 0.953. The van der Waals surface area contributed by atoms with E-state index in [1.165, 1.54) is 9.36 Å². The third kappa shape index (κ3) is 8.15. The van der Waals surface area contributed by atoms with Gasteiger partial charge in [-0.05, 0) is 48.5 Å². The summed E-state index contributed by atoms with van der Waals surface area (Å²) in [6, 6.07) is 52.2. The first kappa shape index (κ1) is 36.1. The largest absolute Gasteiger partial charge is 0.491 e. The van der Waals surface area contributed by atoms with E-state index in [4.69, 9.17) is 9.47 Å². The van der Waals surface area contributed by atoms with Crippen molar-refractivity contribution >= 4 is 22.7 Å². The zero-order valence-electron chi connectivity index (χ0n) is 30.6. The van der Waals surface area contributed by atoms with E-state index in [2.05, 4.69) is 30.7 Å². The SMILES string of the molecule is O=c1c(N=Nc2ccccc2OCCCOc2ccccc2N=Nc2c(-c3ccccc3)[nH]n(-c3ccccc3)c2=O)c(-c2ccccc2)[nH]n1-c1ccccc1. The molecule has 8 rings (SSSR count). The molecule has 0 spiro atoms. The number of azo groups is 2. The molecule has 12 nitrogen and oxygen atoms in total. The number of nitrogens with zero attached hydrogens (tertiary/aromatic N) is 6. The maximum absolute atomic E-state index is 13.6. The molecule has 0 amide bonds. The van der Waals surface area contributed by atoms with Crippen molar-refractivity contribution in [2.24, 2.45) is 20.5 Å². The average Bonchev–Trinajstić information content (AvgIpc) is 3.79. The van der Waals surface area contributed by atoms with Crippen LogP contribution >= 0.6 is 0 Å². The van der Waals surface area contributed by atoms with Gasteiger partial charge in [-0.2, -0.15) is 0 Å². The van der Waals surface area contributed by atoms with Crippen LogP contribution < -0.4 is 20.6 Å². The lowest BCUT2D eigenvalue weighted by Crippen LogP contribution is -2.13.